The fourth-order valence-electron chi connectivity index (χ4n) is 2.20. The van der Waals surface area contributed by atoms with Crippen LogP contribution in [0.4, 0.5) is 5.82 Å². The second-order valence-electron chi connectivity index (χ2n) is 4.58. The molecule has 0 unspecified atom stereocenters. The lowest BCUT2D eigenvalue weighted by atomic mass is 9.96. The van der Waals surface area contributed by atoms with Crippen molar-refractivity contribution in [1.29, 1.82) is 0 Å². The predicted molar refractivity (Wildman–Crippen MR) is 65.3 cm³/mol. The quantitative estimate of drug-likeness (QED) is 0.610. The molecule has 1 aromatic heterocycles. The molecule has 0 bridgehead atoms. The van der Waals surface area contributed by atoms with Gasteiger partial charge < -0.3 is 25.4 Å². The van der Waals surface area contributed by atoms with E-state index in [1.54, 1.807) is 6.92 Å². The number of nitrogen functional groups attached to an aromatic ring is 1. The summed E-state index contributed by atoms with van der Waals surface area (Å²) in [7, 11) is 1.40. The third kappa shape index (κ3) is 2.12. The van der Waals surface area contributed by atoms with Crippen LogP contribution in [-0.4, -0.2) is 51.3 Å². The molecule has 0 spiro atoms. The van der Waals surface area contributed by atoms with Gasteiger partial charge in [-0.05, 0) is 13.0 Å². The zero-order valence-electron chi connectivity index (χ0n) is 10.7. The maximum Gasteiger partial charge on any atom is 0.351 e. The second-order valence-corrected chi connectivity index (χ2v) is 4.58. The minimum Gasteiger partial charge on any atom is -0.394 e. The minimum absolute atomic E-state index is 0.0950. The van der Waals surface area contributed by atoms with Gasteiger partial charge in [0.1, 0.15) is 23.6 Å². The maximum absolute atomic E-state index is 11.8. The molecule has 1 fully saturated rings. The Morgan fingerprint density at radius 1 is 1.68 bits per heavy atom. The Kier molecular flexibility index (Phi) is 3.59. The van der Waals surface area contributed by atoms with E-state index in [2.05, 4.69) is 4.98 Å². The standard InChI is InChI=1S/C11H17N3O5/c1-11(18-2)8(16)6(5-15)19-9(11)14-4-3-7(12)13-10(14)17/h3-4,6,8-9,15-16H,5H2,1-2H3,(H2,12,13,17)/t6-,8-,9-,11-/m1/s1. The lowest BCUT2D eigenvalue weighted by molar-refractivity contribution is -0.121. The van der Waals surface area contributed by atoms with Crippen LogP contribution in [0.15, 0.2) is 17.1 Å². The van der Waals surface area contributed by atoms with Crippen molar-refractivity contribution >= 4 is 5.82 Å². The molecular weight excluding hydrogens is 254 g/mol. The molecule has 2 heterocycles. The summed E-state index contributed by atoms with van der Waals surface area (Å²) in [6, 6.07) is 1.44. The molecule has 4 atom stereocenters. The van der Waals surface area contributed by atoms with Gasteiger partial charge in [0.25, 0.3) is 0 Å². The Balaban J connectivity index is 2.45. The molecule has 0 aliphatic carbocycles. The Morgan fingerprint density at radius 3 is 2.89 bits per heavy atom. The number of nitrogens with two attached hydrogens (primary N) is 1. The Morgan fingerprint density at radius 2 is 2.37 bits per heavy atom. The highest BCUT2D eigenvalue weighted by atomic mass is 16.6. The summed E-state index contributed by atoms with van der Waals surface area (Å²) in [6.45, 7) is 1.22. The van der Waals surface area contributed by atoms with E-state index >= 15 is 0 Å². The molecule has 0 aromatic carbocycles. The third-order valence-electron chi connectivity index (χ3n) is 3.46. The normalized spacial score (nSPS) is 34.6. The van der Waals surface area contributed by atoms with Crippen molar-refractivity contribution in [2.24, 2.45) is 0 Å². The molecule has 0 saturated carbocycles. The summed E-state index contributed by atoms with van der Waals surface area (Å²) in [5.41, 5.74) is 3.64. The Bertz CT molecular complexity index is 519. The number of aliphatic hydroxyl groups excluding tert-OH is 2. The summed E-state index contributed by atoms with van der Waals surface area (Å²) in [6.07, 6.45) is -1.39. The first-order chi connectivity index (χ1) is 8.93. The van der Waals surface area contributed by atoms with Crippen LogP contribution in [0.25, 0.3) is 0 Å². The molecule has 0 radical (unpaired) electrons. The molecule has 19 heavy (non-hydrogen) atoms. The highest BCUT2D eigenvalue weighted by Gasteiger charge is 2.54. The smallest absolute Gasteiger partial charge is 0.351 e. The van der Waals surface area contributed by atoms with Crippen LogP contribution in [0.2, 0.25) is 0 Å². The van der Waals surface area contributed by atoms with Crippen molar-refractivity contribution < 1.29 is 19.7 Å². The molecule has 1 aromatic rings. The number of aromatic nitrogens is 2. The van der Waals surface area contributed by atoms with Gasteiger partial charge in [0, 0.05) is 13.3 Å². The van der Waals surface area contributed by atoms with Gasteiger partial charge >= 0.3 is 5.69 Å². The summed E-state index contributed by atoms with van der Waals surface area (Å²) < 4.78 is 12.0. The molecule has 8 nitrogen and oxygen atoms in total. The van der Waals surface area contributed by atoms with Gasteiger partial charge in [0.05, 0.1) is 6.61 Å². The predicted octanol–water partition coefficient (Wildman–Crippen LogP) is -1.52. The number of nitrogens with zero attached hydrogens (tertiary/aromatic N) is 2. The van der Waals surface area contributed by atoms with Crippen molar-refractivity contribution in [3.05, 3.63) is 22.7 Å². The zero-order chi connectivity index (χ0) is 14.2. The van der Waals surface area contributed by atoms with Gasteiger partial charge in [-0.1, -0.05) is 0 Å². The van der Waals surface area contributed by atoms with E-state index in [-0.39, 0.29) is 12.4 Å². The first-order valence-corrected chi connectivity index (χ1v) is 5.78. The van der Waals surface area contributed by atoms with E-state index in [0.29, 0.717) is 0 Å². The topological polar surface area (TPSA) is 120 Å². The first kappa shape index (κ1) is 13.9. The second kappa shape index (κ2) is 4.89. The highest BCUT2D eigenvalue weighted by molar-refractivity contribution is 5.23. The van der Waals surface area contributed by atoms with E-state index in [1.807, 2.05) is 0 Å². The zero-order valence-corrected chi connectivity index (χ0v) is 10.7. The van der Waals surface area contributed by atoms with Gasteiger partial charge in [-0.25, -0.2) is 4.79 Å². The van der Waals surface area contributed by atoms with Crippen molar-refractivity contribution in [2.45, 2.75) is 31.0 Å². The van der Waals surface area contributed by atoms with E-state index in [0.717, 1.165) is 0 Å². The van der Waals surface area contributed by atoms with Gasteiger partial charge in [0.15, 0.2) is 6.23 Å². The Hall–Kier alpha value is -1.48. The number of aliphatic hydroxyl groups is 2. The third-order valence-corrected chi connectivity index (χ3v) is 3.46. The molecule has 4 N–H and O–H groups in total. The summed E-state index contributed by atoms with van der Waals surface area (Å²) >= 11 is 0. The lowest BCUT2D eigenvalue weighted by Crippen LogP contribution is -2.47. The van der Waals surface area contributed by atoms with Crippen LogP contribution in [0.1, 0.15) is 13.2 Å². The molecular formula is C11H17N3O5. The van der Waals surface area contributed by atoms with Gasteiger partial charge in [-0.3, -0.25) is 4.57 Å². The number of hydrogen-bond acceptors (Lipinski definition) is 7. The number of hydrogen-bond donors (Lipinski definition) is 3. The molecule has 2 rings (SSSR count). The van der Waals surface area contributed by atoms with Crippen LogP contribution < -0.4 is 11.4 Å². The van der Waals surface area contributed by atoms with Gasteiger partial charge in [-0.2, -0.15) is 4.98 Å². The van der Waals surface area contributed by atoms with E-state index < -0.39 is 29.7 Å². The maximum atomic E-state index is 11.8. The number of methoxy groups -OCH3 is 1. The summed E-state index contributed by atoms with van der Waals surface area (Å²) in [5, 5.41) is 19.3. The van der Waals surface area contributed by atoms with Crippen molar-refractivity contribution in [3.63, 3.8) is 0 Å². The first-order valence-electron chi connectivity index (χ1n) is 5.78. The van der Waals surface area contributed by atoms with Crippen LogP contribution in [0, 0.1) is 0 Å². The fourth-order valence-corrected chi connectivity index (χ4v) is 2.20. The SMILES string of the molecule is CO[C@]1(C)[C@H](O)[C@@H](CO)O[C@H]1n1ccc(N)nc1=O. The molecule has 1 aliphatic heterocycles. The number of anilines is 1. The molecule has 1 aliphatic rings. The molecule has 8 heteroatoms. The van der Waals surface area contributed by atoms with E-state index in [1.165, 1.54) is 23.9 Å². The lowest BCUT2D eigenvalue weighted by Gasteiger charge is -2.31. The summed E-state index contributed by atoms with van der Waals surface area (Å²) in [5.74, 6) is 0.0950. The van der Waals surface area contributed by atoms with E-state index in [9.17, 15) is 15.0 Å². The molecule has 1 saturated heterocycles. The Labute approximate surface area is 109 Å². The van der Waals surface area contributed by atoms with Crippen LogP contribution in [-0.2, 0) is 9.47 Å². The highest BCUT2D eigenvalue weighted by Crippen LogP contribution is 2.39. The number of rotatable bonds is 3. The minimum atomic E-state index is -1.17. The van der Waals surface area contributed by atoms with Crippen molar-refractivity contribution in [3.8, 4) is 0 Å². The van der Waals surface area contributed by atoms with Crippen LogP contribution in [0.3, 0.4) is 0 Å². The molecule has 106 valence electrons. The number of ether oxygens (including phenoxy) is 2. The fraction of sp³-hybridized carbons (Fsp3) is 0.636. The largest absolute Gasteiger partial charge is 0.394 e. The average molecular weight is 271 g/mol. The summed E-state index contributed by atoms with van der Waals surface area (Å²) in [4.78, 5) is 15.4. The van der Waals surface area contributed by atoms with Crippen LogP contribution >= 0.6 is 0 Å². The van der Waals surface area contributed by atoms with Crippen molar-refractivity contribution in [2.75, 3.05) is 19.5 Å². The van der Waals surface area contributed by atoms with E-state index in [4.69, 9.17) is 15.2 Å². The van der Waals surface area contributed by atoms with Crippen LogP contribution in [0.5, 0.6) is 0 Å². The molecule has 0 amide bonds. The van der Waals surface area contributed by atoms with Gasteiger partial charge in [0.2, 0.25) is 0 Å². The van der Waals surface area contributed by atoms with Crippen molar-refractivity contribution in [1.82, 2.24) is 9.55 Å². The monoisotopic (exact) mass is 271 g/mol. The average Bonchev–Trinajstić information content (AvgIpc) is 2.63. The van der Waals surface area contributed by atoms with Gasteiger partial charge in [-0.15, -0.1) is 0 Å².